The van der Waals surface area contributed by atoms with E-state index in [1.165, 1.54) is 18.2 Å². The molecule has 92 valence electrons. The average Bonchev–Trinajstić information content (AvgIpc) is 1.99. The minimum atomic E-state index is -4.41. The molecule has 0 saturated heterocycles. The molecule has 16 heavy (non-hydrogen) atoms. The lowest BCUT2D eigenvalue weighted by Gasteiger charge is -2.15. The Balaban J connectivity index is 0.00000225. The number of alkyl halides is 3. The van der Waals surface area contributed by atoms with Crippen LogP contribution in [-0.2, 0) is 6.42 Å². The fourth-order valence-corrected chi connectivity index (χ4v) is 1.67. The highest BCUT2D eigenvalue weighted by molar-refractivity contribution is 6.34. The first-order valence-electron chi connectivity index (χ1n) is 4.06. The number of hydrogen-bond acceptors (Lipinski definition) is 1. The van der Waals surface area contributed by atoms with E-state index in [9.17, 15) is 13.2 Å². The molecular weight excluding hydrogens is 285 g/mol. The van der Waals surface area contributed by atoms with Crippen LogP contribution >= 0.6 is 35.6 Å². The van der Waals surface area contributed by atoms with Crippen LogP contribution in [0.1, 0.15) is 5.56 Å². The summed E-state index contributed by atoms with van der Waals surface area (Å²) < 4.78 is 36.4. The van der Waals surface area contributed by atoms with Crippen LogP contribution in [0.25, 0.3) is 0 Å². The van der Waals surface area contributed by atoms with Gasteiger partial charge in [-0.05, 0) is 30.2 Å². The summed E-state index contributed by atoms with van der Waals surface area (Å²) >= 11 is 11.3. The molecule has 0 aromatic heterocycles. The molecule has 0 aliphatic rings. The third-order valence-electron chi connectivity index (χ3n) is 1.80. The molecule has 1 atom stereocenters. The molecule has 0 fully saturated rings. The van der Waals surface area contributed by atoms with Crippen molar-refractivity contribution in [3.63, 3.8) is 0 Å². The Labute approximate surface area is 107 Å². The topological polar surface area (TPSA) is 26.0 Å². The third-order valence-corrected chi connectivity index (χ3v) is 2.23. The monoisotopic (exact) mass is 293 g/mol. The zero-order chi connectivity index (χ0) is 11.6. The van der Waals surface area contributed by atoms with E-state index < -0.39 is 12.2 Å². The van der Waals surface area contributed by atoms with Crippen LogP contribution in [0.4, 0.5) is 13.2 Å². The molecule has 2 N–H and O–H groups in total. The Morgan fingerprint density at radius 2 is 1.56 bits per heavy atom. The van der Waals surface area contributed by atoms with Crippen molar-refractivity contribution < 1.29 is 13.2 Å². The van der Waals surface area contributed by atoms with Gasteiger partial charge in [-0.3, -0.25) is 0 Å². The van der Waals surface area contributed by atoms with Crippen LogP contribution < -0.4 is 5.73 Å². The van der Waals surface area contributed by atoms with Crippen molar-refractivity contribution in [3.05, 3.63) is 33.8 Å². The van der Waals surface area contributed by atoms with E-state index in [0.29, 0.717) is 15.6 Å². The minimum absolute atomic E-state index is 0. The second-order valence-electron chi connectivity index (χ2n) is 3.13. The van der Waals surface area contributed by atoms with E-state index in [-0.39, 0.29) is 18.8 Å². The van der Waals surface area contributed by atoms with Gasteiger partial charge < -0.3 is 5.73 Å². The van der Waals surface area contributed by atoms with Crippen LogP contribution in [0.15, 0.2) is 18.2 Å². The van der Waals surface area contributed by atoms with Gasteiger partial charge in [0.1, 0.15) is 6.04 Å². The number of halogens is 6. The molecule has 0 aliphatic heterocycles. The van der Waals surface area contributed by atoms with Gasteiger partial charge in [-0.2, -0.15) is 13.2 Å². The molecule has 0 spiro atoms. The van der Waals surface area contributed by atoms with E-state index in [1.54, 1.807) is 0 Å². The van der Waals surface area contributed by atoms with Gasteiger partial charge in [0.25, 0.3) is 0 Å². The summed E-state index contributed by atoms with van der Waals surface area (Å²) in [5.74, 6) is 0. The van der Waals surface area contributed by atoms with Gasteiger partial charge in [-0.15, -0.1) is 12.4 Å². The molecule has 1 aromatic carbocycles. The molecule has 0 radical (unpaired) electrons. The van der Waals surface area contributed by atoms with E-state index in [4.69, 9.17) is 28.9 Å². The largest absolute Gasteiger partial charge is 0.403 e. The van der Waals surface area contributed by atoms with Crippen LogP contribution in [0.3, 0.4) is 0 Å². The summed E-state index contributed by atoms with van der Waals surface area (Å²) in [6, 6.07) is 2.39. The van der Waals surface area contributed by atoms with Crippen LogP contribution in [-0.4, -0.2) is 12.2 Å². The maximum atomic E-state index is 12.1. The number of hydrogen-bond donors (Lipinski definition) is 1. The fraction of sp³-hybridized carbons (Fsp3) is 0.333. The molecular formula is C9H9Cl3F3N. The van der Waals surface area contributed by atoms with Crippen molar-refractivity contribution in [1.29, 1.82) is 0 Å². The predicted molar refractivity (Wildman–Crippen MR) is 61.4 cm³/mol. The lowest BCUT2D eigenvalue weighted by Crippen LogP contribution is -2.39. The zero-order valence-corrected chi connectivity index (χ0v) is 10.2. The SMILES string of the molecule is Cl.NC(Cc1cc(Cl)cc(Cl)c1)C(F)(F)F. The number of rotatable bonds is 2. The van der Waals surface area contributed by atoms with Gasteiger partial charge in [-0.25, -0.2) is 0 Å². The summed E-state index contributed by atoms with van der Waals surface area (Å²) in [4.78, 5) is 0. The van der Waals surface area contributed by atoms with Crippen LogP contribution in [0.2, 0.25) is 10.0 Å². The van der Waals surface area contributed by atoms with Crippen LogP contribution in [0, 0.1) is 0 Å². The van der Waals surface area contributed by atoms with Crippen LogP contribution in [0.5, 0.6) is 0 Å². The van der Waals surface area contributed by atoms with Gasteiger partial charge in [-0.1, -0.05) is 23.2 Å². The highest BCUT2D eigenvalue weighted by atomic mass is 35.5. The molecule has 0 amide bonds. The van der Waals surface area contributed by atoms with Crippen molar-refractivity contribution in [1.82, 2.24) is 0 Å². The molecule has 0 heterocycles. The maximum absolute atomic E-state index is 12.1. The highest BCUT2D eigenvalue weighted by Gasteiger charge is 2.36. The summed E-state index contributed by atoms with van der Waals surface area (Å²) in [6.07, 6.45) is -4.74. The van der Waals surface area contributed by atoms with Gasteiger partial charge in [0.2, 0.25) is 0 Å². The highest BCUT2D eigenvalue weighted by Crippen LogP contribution is 2.24. The maximum Gasteiger partial charge on any atom is 0.403 e. The standard InChI is InChI=1S/C9H8Cl2F3N.ClH/c10-6-1-5(2-7(11)4-6)3-8(15)9(12,13)14;/h1-2,4,8H,3,15H2;1H. The first kappa shape index (κ1) is 15.8. The van der Waals surface area contributed by atoms with Crippen molar-refractivity contribution in [2.75, 3.05) is 0 Å². The first-order valence-corrected chi connectivity index (χ1v) is 4.82. The summed E-state index contributed by atoms with van der Waals surface area (Å²) in [5, 5.41) is 0.596. The lowest BCUT2D eigenvalue weighted by atomic mass is 10.1. The van der Waals surface area contributed by atoms with Gasteiger partial charge >= 0.3 is 6.18 Å². The predicted octanol–water partition coefficient (Wildman–Crippen LogP) is 3.85. The molecule has 0 saturated carbocycles. The Hall–Kier alpha value is -0.160. The number of nitrogens with two attached hydrogens (primary N) is 1. The molecule has 0 bridgehead atoms. The van der Waals surface area contributed by atoms with Crippen molar-refractivity contribution in [3.8, 4) is 0 Å². The molecule has 1 rings (SSSR count). The molecule has 1 nitrogen and oxygen atoms in total. The summed E-state index contributed by atoms with van der Waals surface area (Å²) in [5.41, 5.74) is 5.34. The molecule has 0 aliphatic carbocycles. The third kappa shape index (κ3) is 4.78. The fourth-order valence-electron chi connectivity index (χ4n) is 1.10. The minimum Gasteiger partial charge on any atom is -0.320 e. The van der Waals surface area contributed by atoms with Crippen molar-refractivity contribution in [2.24, 2.45) is 5.73 Å². The van der Waals surface area contributed by atoms with E-state index >= 15 is 0 Å². The van der Waals surface area contributed by atoms with E-state index in [2.05, 4.69) is 0 Å². The summed E-state index contributed by atoms with van der Waals surface area (Å²) in [6.45, 7) is 0. The quantitative estimate of drug-likeness (QED) is 0.881. The Kier molecular flexibility index (Phi) is 5.90. The average molecular weight is 295 g/mol. The molecule has 1 unspecified atom stereocenters. The number of benzene rings is 1. The lowest BCUT2D eigenvalue weighted by molar-refractivity contribution is -0.147. The van der Waals surface area contributed by atoms with E-state index in [1.807, 2.05) is 0 Å². The van der Waals surface area contributed by atoms with Gasteiger partial charge in [0.15, 0.2) is 0 Å². The molecule has 1 aromatic rings. The second kappa shape index (κ2) is 5.96. The van der Waals surface area contributed by atoms with Crippen molar-refractivity contribution in [2.45, 2.75) is 18.6 Å². The van der Waals surface area contributed by atoms with Gasteiger partial charge in [0.05, 0.1) is 0 Å². The van der Waals surface area contributed by atoms with Gasteiger partial charge in [0, 0.05) is 10.0 Å². The Morgan fingerprint density at radius 3 is 1.94 bits per heavy atom. The Morgan fingerprint density at radius 1 is 1.12 bits per heavy atom. The zero-order valence-electron chi connectivity index (χ0n) is 7.89. The normalized spacial score (nSPS) is 13.1. The van der Waals surface area contributed by atoms with Crippen molar-refractivity contribution >= 4 is 35.6 Å². The Bertz CT molecular complexity index is 334. The smallest absolute Gasteiger partial charge is 0.320 e. The molecule has 7 heteroatoms. The van der Waals surface area contributed by atoms with E-state index in [0.717, 1.165) is 0 Å². The first-order chi connectivity index (χ1) is 6.79. The summed E-state index contributed by atoms with van der Waals surface area (Å²) in [7, 11) is 0. The second-order valence-corrected chi connectivity index (χ2v) is 4.00.